The highest BCUT2D eigenvalue weighted by molar-refractivity contribution is 5.42. The van der Waals surface area contributed by atoms with Crippen LogP contribution in [-0.2, 0) is 16.5 Å². The number of methoxy groups -OCH3 is 1. The number of halogens is 3. The average Bonchev–Trinajstić information content (AvgIpc) is 2.95. The lowest BCUT2D eigenvalue weighted by molar-refractivity contribution is -0.138. The Morgan fingerprint density at radius 3 is 2.44 bits per heavy atom. The molecule has 0 aromatic heterocycles. The summed E-state index contributed by atoms with van der Waals surface area (Å²) < 4.78 is 47.9. The fraction of sp³-hybridized carbons (Fsp3) is 0.455. The fourth-order valence-corrected chi connectivity index (χ4v) is 1.53. The maximum absolute atomic E-state index is 12.7. The Hall–Kier alpha value is -1.23. The van der Waals surface area contributed by atoms with Crippen LogP contribution in [0, 0.1) is 0 Å². The number of epoxide rings is 1. The van der Waals surface area contributed by atoms with Gasteiger partial charge in [0.1, 0.15) is 11.4 Å². The summed E-state index contributed by atoms with van der Waals surface area (Å²) in [6.07, 6.45) is -4.41. The van der Waals surface area contributed by atoms with E-state index >= 15 is 0 Å². The maximum atomic E-state index is 12.7. The first kappa shape index (κ1) is 11.3. The highest BCUT2D eigenvalue weighted by atomic mass is 19.4. The van der Waals surface area contributed by atoms with Crippen LogP contribution in [0.4, 0.5) is 13.2 Å². The van der Waals surface area contributed by atoms with Gasteiger partial charge in [0.15, 0.2) is 0 Å². The molecular formula is C11H11F3O2. The zero-order valence-electron chi connectivity index (χ0n) is 8.89. The van der Waals surface area contributed by atoms with Crippen LogP contribution in [0.25, 0.3) is 0 Å². The molecule has 1 heterocycles. The quantitative estimate of drug-likeness (QED) is 0.731. The molecule has 0 N–H and O–H groups in total. The molecule has 1 atom stereocenters. The van der Waals surface area contributed by atoms with Crippen LogP contribution in [-0.4, -0.2) is 13.7 Å². The van der Waals surface area contributed by atoms with Crippen LogP contribution in [0.1, 0.15) is 18.1 Å². The molecule has 0 radical (unpaired) electrons. The third-order valence-corrected chi connectivity index (χ3v) is 2.69. The third kappa shape index (κ3) is 1.87. The Labute approximate surface area is 91.0 Å². The van der Waals surface area contributed by atoms with E-state index in [-0.39, 0.29) is 5.75 Å². The maximum Gasteiger partial charge on any atom is 0.419 e. The summed E-state index contributed by atoms with van der Waals surface area (Å²) in [6, 6.07) is 4.01. The van der Waals surface area contributed by atoms with E-state index in [2.05, 4.69) is 0 Å². The minimum atomic E-state index is -4.41. The lowest BCUT2D eigenvalue weighted by Gasteiger charge is -2.14. The van der Waals surface area contributed by atoms with Gasteiger partial charge in [0.2, 0.25) is 0 Å². The molecule has 1 aliphatic rings. The molecule has 88 valence electrons. The lowest BCUT2D eigenvalue weighted by atomic mass is 9.99. The van der Waals surface area contributed by atoms with Gasteiger partial charge in [-0.05, 0) is 24.6 Å². The smallest absolute Gasteiger partial charge is 0.419 e. The number of rotatable bonds is 2. The van der Waals surface area contributed by atoms with E-state index in [0.717, 1.165) is 6.07 Å². The van der Waals surface area contributed by atoms with Crippen LogP contribution in [0.15, 0.2) is 18.2 Å². The van der Waals surface area contributed by atoms with Crippen LogP contribution in [0.3, 0.4) is 0 Å². The minimum Gasteiger partial charge on any atom is -0.496 e. The molecule has 1 aromatic carbocycles. The Balaban J connectivity index is 2.47. The first-order valence-corrected chi connectivity index (χ1v) is 4.76. The van der Waals surface area contributed by atoms with Crippen LogP contribution in [0.2, 0.25) is 0 Å². The van der Waals surface area contributed by atoms with Crippen molar-refractivity contribution in [3.05, 3.63) is 29.3 Å². The highest BCUT2D eigenvalue weighted by Crippen LogP contribution is 2.43. The molecule has 2 rings (SSSR count). The second-order valence-corrected chi connectivity index (χ2v) is 3.93. The van der Waals surface area contributed by atoms with Gasteiger partial charge in [-0.1, -0.05) is 6.07 Å². The number of alkyl halides is 3. The van der Waals surface area contributed by atoms with E-state index in [0.29, 0.717) is 12.2 Å². The van der Waals surface area contributed by atoms with Gasteiger partial charge in [-0.25, -0.2) is 0 Å². The Bertz CT molecular complexity index is 408. The van der Waals surface area contributed by atoms with Crippen LogP contribution >= 0.6 is 0 Å². The Morgan fingerprint density at radius 1 is 1.38 bits per heavy atom. The Kier molecular flexibility index (Phi) is 2.38. The number of hydrogen-bond donors (Lipinski definition) is 0. The van der Waals surface area contributed by atoms with Crippen molar-refractivity contribution in [1.82, 2.24) is 0 Å². The van der Waals surface area contributed by atoms with Gasteiger partial charge >= 0.3 is 6.18 Å². The van der Waals surface area contributed by atoms with E-state index in [1.54, 1.807) is 13.0 Å². The van der Waals surface area contributed by atoms with Gasteiger partial charge in [-0.15, -0.1) is 0 Å². The zero-order chi connectivity index (χ0) is 12.0. The third-order valence-electron chi connectivity index (χ3n) is 2.69. The number of ether oxygens (including phenoxy) is 2. The molecule has 16 heavy (non-hydrogen) atoms. The fourth-order valence-electron chi connectivity index (χ4n) is 1.53. The molecule has 1 fully saturated rings. The second kappa shape index (κ2) is 3.38. The van der Waals surface area contributed by atoms with E-state index in [9.17, 15) is 13.2 Å². The molecular weight excluding hydrogens is 221 g/mol. The van der Waals surface area contributed by atoms with Crippen molar-refractivity contribution in [3.8, 4) is 5.75 Å². The monoisotopic (exact) mass is 232 g/mol. The SMILES string of the molecule is COc1ccc(C2(C)CO2)cc1C(F)(F)F. The summed E-state index contributed by atoms with van der Waals surface area (Å²) in [5.74, 6) is -0.166. The van der Waals surface area contributed by atoms with Crippen LogP contribution < -0.4 is 4.74 Å². The molecule has 5 heteroatoms. The van der Waals surface area contributed by atoms with Gasteiger partial charge in [-0.3, -0.25) is 0 Å². The summed E-state index contributed by atoms with van der Waals surface area (Å²) in [5, 5.41) is 0. The molecule has 0 bridgehead atoms. The zero-order valence-corrected chi connectivity index (χ0v) is 8.89. The van der Waals surface area contributed by atoms with E-state index < -0.39 is 17.3 Å². The topological polar surface area (TPSA) is 21.8 Å². The molecule has 0 aliphatic carbocycles. The number of benzene rings is 1. The summed E-state index contributed by atoms with van der Waals surface area (Å²) in [4.78, 5) is 0. The molecule has 0 amide bonds. The van der Waals surface area contributed by atoms with E-state index in [1.807, 2.05) is 0 Å². The standard InChI is InChI=1S/C11H11F3O2/c1-10(6-16-10)7-3-4-9(15-2)8(5-7)11(12,13)14/h3-5H,6H2,1-2H3. The van der Waals surface area contributed by atoms with Crippen molar-refractivity contribution in [1.29, 1.82) is 0 Å². The molecule has 0 spiro atoms. The summed E-state index contributed by atoms with van der Waals surface area (Å²) in [7, 11) is 1.22. The Morgan fingerprint density at radius 2 is 2.00 bits per heavy atom. The minimum absolute atomic E-state index is 0.166. The van der Waals surface area contributed by atoms with E-state index in [1.165, 1.54) is 13.2 Å². The summed E-state index contributed by atoms with van der Waals surface area (Å²) >= 11 is 0. The van der Waals surface area contributed by atoms with Crippen molar-refractivity contribution in [2.45, 2.75) is 18.7 Å². The molecule has 0 saturated carbocycles. The largest absolute Gasteiger partial charge is 0.496 e. The van der Waals surface area contributed by atoms with E-state index in [4.69, 9.17) is 9.47 Å². The van der Waals surface area contributed by atoms with Gasteiger partial charge < -0.3 is 9.47 Å². The average molecular weight is 232 g/mol. The number of hydrogen-bond acceptors (Lipinski definition) is 2. The first-order valence-electron chi connectivity index (χ1n) is 4.76. The van der Waals surface area contributed by atoms with Crippen molar-refractivity contribution in [2.24, 2.45) is 0 Å². The summed E-state index contributed by atoms with van der Waals surface area (Å²) in [5.41, 5.74) is -0.795. The lowest BCUT2D eigenvalue weighted by Crippen LogP contribution is -2.11. The predicted molar refractivity (Wildman–Crippen MR) is 51.3 cm³/mol. The molecule has 1 unspecified atom stereocenters. The van der Waals surface area contributed by atoms with Gasteiger partial charge in [-0.2, -0.15) is 13.2 Å². The van der Waals surface area contributed by atoms with Gasteiger partial charge in [0, 0.05) is 0 Å². The van der Waals surface area contributed by atoms with Crippen molar-refractivity contribution < 1.29 is 22.6 Å². The van der Waals surface area contributed by atoms with Gasteiger partial charge in [0.25, 0.3) is 0 Å². The van der Waals surface area contributed by atoms with Crippen molar-refractivity contribution in [3.63, 3.8) is 0 Å². The molecule has 2 nitrogen and oxygen atoms in total. The van der Waals surface area contributed by atoms with Crippen molar-refractivity contribution >= 4 is 0 Å². The summed E-state index contributed by atoms with van der Waals surface area (Å²) in [6.45, 7) is 2.21. The predicted octanol–water partition coefficient (Wildman–Crippen LogP) is 2.96. The highest BCUT2D eigenvalue weighted by Gasteiger charge is 2.43. The molecule has 1 saturated heterocycles. The molecule has 1 aliphatic heterocycles. The first-order chi connectivity index (χ1) is 7.37. The molecule has 1 aromatic rings. The van der Waals surface area contributed by atoms with Crippen LogP contribution in [0.5, 0.6) is 5.75 Å². The normalized spacial score (nSPS) is 24.3. The van der Waals surface area contributed by atoms with Gasteiger partial charge in [0.05, 0.1) is 19.3 Å². The van der Waals surface area contributed by atoms with Crippen molar-refractivity contribution in [2.75, 3.05) is 13.7 Å². The second-order valence-electron chi connectivity index (χ2n) is 3.93.